The van der Waals surface area contributed by atoms with E-state index in [4.69, 9.17) is 1.41 Å². The zero-order valence-corrected chi connectivity index (χ0v) is 91.6. The van der Waals surface area contributed by atoms with Crippen molar-refractivity contribution in [2.24, 2.45) is 11.8 Å². The van der Waals surface area contributed by atoms with Gasteiger partial charge in [0.2, 0.25) is 0 Å². The largest absolute Gasteiger partial charge is 0.363 e. The van der Waals surface area contributed by atoms with Gasteiger partial charge in [0.15, 0.2) is 1.41 Å². The first kappa shape index (κ1) is 101. The number of rotatable bonds is 17. The van der Waals surface area contributed by atoms with Crippen molar-refractivity contribution in [3.05, 3.63) is 411 Å². The molecule has 11 aromatic rings. The molecule has 10 nitrogen and oxygen atoms in total. The number of allylic oxidation sites excluding steroid dienone is 9. The number of para-hydroxylation sites is 5. The number of benzene rings is 11. The Balaban J connectivity index is 0.000000120. The molecule has 5 atom stereocenters. The lowest BCUT2D eigenvalue weighted by atomic mass is 9.85. The van der Waals surface area contributed by atoms with E-state index in [1.807, 2.05) is 6.92 Å². The van der Waals surface area contributed by atoms with Crippen molar-refractivity contribution in [3.8, 4) is 0 Å². The summed E-state index contributed by atoms with van der Waals surface area (Å²) in [6.45, 7) is 49.7. The Morgan fingerprint density at radius 2 is 0.438 bits per heavy atom. The fraction of sp³-hybridized carbons (Fsp3) is 0.433. The van der Waals surface area contributed by atoms with Gasteiger partial charge in [0.25, 0.3) is 0 Å². The van der Waals surface area contributed by atoms with Gasteiger partial charge in [0.1, 0.15) is 30.8 Å². The molecule has 5 unspecified atom stereocenters. The van der Waals surface area contributed by atoms with E-state index in [1.165, 1.54) is 340 Å². The fourth-order valence-corrected chi connectivity index (χ4v) is 27.9. The molecule has 0 aromatic heterocycles. The molecule has 5 aliphatic heterocycles. The maximum Gasteiger partial charge on any atom is 0.162 e. The quantitative estimate of drug-likeness (QED) is 0.0954. The molecular formula is C134H168N10. The number of hydrogen-bond acceptors (Lipinski definition) is 10. The van der Waals surface area contributed by atoms with Gasteiger partial charge in [-0.1, -0.05) is 296 Å². The lowest BCUT2D eigenvalue weighted by molar-refractivity contribution is 0.173. The summed E-state index contributed by atoms with van der Waals surface area (Å²) in [5.74, 6) is 1.44. The average molecular weight is 1920 g/mol. The number of aryl methyl sites for hydroxylation is 15. The third kappa shape index (κ3) is 20.1. The Bertz CT molecular complexity index is 6480. The van der Waals surface area contributed by atoms with Crippen molar-refractivity contribution in [1.82, 2.24) is 24.9 Å². The molecule has 6 aliphatic carbocycles. The minimum Gasteiger partial charge on any atom is -0.363 e. The first-order valence-electron chi connectivity index (χ1n) is 56.1. The van der Waals surface area contributed by atoms with E-state index in [0.717, 1.165) is 17.3 Å². The van der Waals surface area contributed by atoms with Crippen molar-refractivity contribution in [2.75, 3.05) is 24.5 Å². The third-order valence-electron chi connectivity index (χ3n) is 35.3. The third-order valence-corrected chi connectivity index (χ3v) is 35.3. The molecule has 6 saturated carbocycles. The molecule has 6 fully saturated rings. The molecule has 0 saturated heterocycles. The van der Waals surface area contributed by atoms with E-state index >= 15 is 0 Å². The van der Waals surface area contributed by atoms with Crippen LogP contribution in [0.2, 0.25) is 1.41 Å². The van der Waals surface area contributed by atoms with Crippen LogP contribution in [0.15, 0.2) is 294 Å². The van der Waals surface area contributed by atoms with E-state index in [0.29, 0.717) is 30.1 Å². The van der Waals surface area contributed by atoms with E-state index in [-0.39, 0.29) is 30.8 Å². The first-order chi connectivity index (χ1) is 70.2. The van der Waals surface area contributed by atoms with Crippen molar-refractivity contribution >= 4 is 34.1 Å². The smallest absolute Gasteiger partial charge is 0.162 e. The number of nitrogens with zero attached hydrogens (tertiary/aromatic N) is 9. The van der Waals surface area contributed by atoms with Crippen molar-refractivity contribution in [2.45, 2.75) is 368 Å². The molecule has 10 heteroatoms. The SMILES string of the molecule is CC1=C(C)N(C2CCCC2)C(c2c(C)cccc2C)N1c1ccccc1C.CC1=C(C2CCCC2)N(C2CCCC2)C(c2c(C)cccc2C)N1c1ccccc1C.CC1=C(C2CCCCC2)N(C2CCCC2)C(c2c(C)cccc2C)N1c1ccccc1C.CC1=C(c2ccccc2)N(C2CCCC2)C(c2c(C)cccc2C)N1c1ccccc1C.[2H]N1C(C)=C(C)N(c2ccccc2C)C1c1c(C)cccc1C. The second kappa shape index (κ2) is 45.0. The monoisotopic (exact) mass is 1920 g/mol. The molecule has 0 spiro atoms. The zero-order chi connectivity index (χ0) is 102. The van der Waals surface area contributed by atoms with Gasteiger partial charge < -0.3 is 49.4 Å². The van der Waals surface area contributed by atoms with Gasteiger partial charge >= 0.3 is 0 Å². The summed E-state index contributed by atoms with van der Waals surface area (Å²) in [5, 5.41) is 1.65. The highest BCUT2D eigenvalue weighted by atomic mass is 15.5. The van der Waals surface area contributed by atoms with Crippen molar-refractivity contribution in [1.29, 1.82) is 0 Å². The Morgan fingerprint density at radius 3 is 0.757 bits per heavy atom. The summed E-state index contributed by atoms with van der Waals surface area (Å²) in [6, 6.07) is 91.3. The van der Waals surface area contributed by atoms with E-state index < -0.39 is 0 Å². The van der Waals surface area contributed by atoms with E-state index in [2.05, 4.69) is 432 Å². The lowest BCUT2D eigenvalue weighted by Crippen LogP contribution is -2.40. The minimum atomic E-state index is -0.114. The van der Waals surface area contributed by atoms with Gasteiger partial charge in [-0.2, -0.15) is 0 Å². The van der Waals surface area contributed by atoms with Crippen LogP contribution in [0.3, 0.4) is 0 Å². The predicted octanol–water partition coefficient (Wildman–Crippen LogP) is 35.3. The topological polar surface area (TPSA) is 41.2 Å². The molecule has 144 heavy (non-hydrogen) atoms. The molecule has 22 rings (SSSR count). The van der Waals surface area contributed by atoms with Crippen LogP contribution in [0.5, 0.6) is 0 Å². The molecule has 11 aromatic carbocycles. The van der Waals surface area contributed by atoms with Crippen LogP contribution in [-0.2, 0) is 0 Å². The number of nitrogens with one attached hydrogen (secondary N) is 1. The molecule has 1 N–H and O–H groups in total. The maximum atomic E-state index is 8.64. The Hall–Kier alpha value is -11.9. The Labute approximate surface area is 869 Å². The maximum absolute atomic E-state index is 8.64. The second-order valence-electron chi connectivity index (χ2n) is 44.6. The summed E-state index contributed by atoms with van der Waals surface area (Å²) in [5.41, 5.74) is 49.5. The number of hydrogen-bond donors (Lipinski definition) is 1. The van der Waals surface area contributed by atoms with Crippen LogP contribution in [0.4, 0.5) is 28.4 Å². The summed E-state index contributed by atoms with van der Waals surface area (Å²) in [4.78, 5) is 24.3. The zero-order valence-electron chi connectivity index (χ0n) is 92.6. The van der Waals surface area contributed by atoms with Gasteiger partial charge in [0, 0.05) is 144 Å². The summed E-state index contributed by atoms with van der Waals surface area (Å²) in [6.07, 6.45) is 34.7. The highest BCUT2D eigenvalue weighted by Crippen LogP contribution is 2.58. The van der Waals surface area contributed by atoms with Crippen molar-refractivity contribution in [3.63, 3.8) is 0 Å². The molecule has 0 amide bonds. The fourth-order valence-electron chi connectivity index (χ4n) is 27.9. The van der Waals surface area contributed by atoms with Crippen LogP contribution in [0.1, 0.15) is 357 Å². The molecule has 11 aliphatic rings. The summed E-state index contributed by atoms with van der Waals surface area (Å²) >= 11 is 0. The molecule has 5 heterocycles. The lowest BCUT2D eigenvalue weighted by Gasteiger charge is -2.42. The molecule has 0 bridgehead atoms. The first-order valence-corrected chi connectivity index (χ1v) is 55.7. The predicted molar refractivity (Wildman–Crippen MR) is 611 cm³/mol. The highest BCUT2D eigenvalue weighted by molar-refractivity contribution is 5.79. The molecule has 754 valence electrons. The highest BCUT2D eigenvalue weighted by Gasteiger charge is 2.51. The minimum absolute atomic E-state index is 0.114. The molecule has 0 radical (unpaired) electrons. The Morgan fingerprint density at radius 1 is 0.201 bits per heavy atom. The van der Waals surface area contributed by atoms with Gasteiger partial charge in [0.05, 0.1) is 5.70 Å². The second-order valence-corrected chi connectivity index (χ2v) is 44.6. The van der Waals surface area contributed by atoms with Crippen LogP contribution < -0.4 is 29.8 Å². The van der Waals surface area contributed by atoms with Crippen molar-refractivity contribution < 1.29 is 1.41 Å². The Kier molecular flexibility index (Phi) is 31.5. The van der Waals surface area contributed by atoms with E-state index in [9.17, 15) is 0 Å². The summed E-state index contributed by atoms with van der Waals surface area (Å²) in [7, 11) is 0. The van der Waals surface area contributed by atoms with Crippen LogP contribution in [0.25, 0.3) is 5.70 Å². The average Bonchev–Trinajstić information content (AvgIpc) is 1.58. The number of anilines is 5. The normalized spacial score (nSPS) is 21.1. The van der Waals surface area contributed by atoms with Crippen LogP contribution >= 0.6 is 0 Å². The van der Waals surface area contributed by atoms with Gasteiger partial charge in [-0.3, -0.25) is 0 Å². The van der Waals surface area contributed by atoms with E-state index in [1.54, 1.807) is 16.7 Å². The van der Waals surface area contributed by atoms with Gasteiger partial charge in [-0.15, -0.1) is 0 Å². The van der Waals surface area contributed by atoms with Crippen LogP contribution in [-0.4, -0.2) is 43.8 Å². The van der Waals surface area contributed by atoms with Gasteiger partial charge in [-0.25, -0.2) is 0 Å². The van der Waals surface area contributed by atoms with Gasteiger partial charge in [-0.05, 0) is 349 Å². The summed E-state index contributed by atoms with van der Waals surface area (Å²) < 4.78 is 8.64. The molecular weight excluding hydrogens is 1750 g/mol. The standard InChI is InChI=1S/C30H40N2.C30H34N2.C29H38N2.C25H32N2.C20H24N2/c2*1-21-13-8-11-20-27(21)31-24(4)29(25-16-6-5-7-17-25)32(26-18-9-10-19-26)30(31)28-22(2)14-12-15-23(28)3;1-20-12-5-10-19-26(20)30-23(4)28(24-15-6-7-16-24)31(25-17-8-9-18-25)29(30)27-21(2)13-11-14-22(27)3;1-17-11-6-9-16-23(17)27-21(5)20(4)26(22-14-7-8-15-22)25(27)24-18(2)12-10-13-19(24)3;1-13-9-6-7-12-18(13)22-17(5)16(4)21-20(22)19-14(2)10-8-11-15(19)3/h8,11-15,20,25-26,30H,5-7,9-10,16-19H2,1-4H3;5-8,11-17,20,26,30H,9-10,18-19H2,1-4H3;5,10-14,19,24-25,29H,6-9,15-18H2,1-4H3;6,9-13,16,22,25H,7-8,14-15H2,1-5H3;6-12,20-21H,1-5H3/i/hD. The van der Waals surface area contributed by atoms with Crippen LogP contribution in [0, 0.1) is 116 Å².